The molecule has 1 spiro atoms. The number of halogens is 1. The maximum Gasteiger partial charge on any atom is 0.290 e. The molecular formula is C19H28ClNO7. The molecule has 2 saturated heterocycles. The van der Waals surface area contributed by atoms with E-state index in [0.29, 0.717) is 29.5 Å². The highest BCUT2D eigenvalue weighted by Gasteiger charge is 2.42. The Labute approximate surface area is 169 Å². The zero-order valence-corrected chi connectivity index (χ0v) is 16.9. The average Bonchev–Trinajstić information content (AvgIpc) is 2.67. The Bertz CT molecular complexity index is 649. The molecule has 2 aliphatic rings. The van der Waals surface area contributed by atoms with Gasteiger partial charge in [-0.1, -0.05) is 11.6 Å². The van der Waals surface area contributed by atoms with Crippen LogP contribution in [0.3, 0.4) is 0 Å². The molecule has 0 unspecified atom stereocenters. The van der Waals surface area contributed by atoms with Crippen LogP contribution < -0.4 is 9.47 Å². The van der Waals surface area contributed by atoms with Crippen LogP contribution in [0.15, 0.2) is 12.1 Å². The van der Waals surface area contributed by atoms with E-state index in [2.05, 4.69) is 4.90 Å². The van der Waals surface area contributed by atoms with Crippen molar-refractivity contribution in [2.45, 2.75) is 43.6 Å². The Morgan fingerprint density at radius 2 is 1.89 bits per heavy atom. The Balaban J connectivity index is 0.000000878. The SMILES string of the molecule is COc1cc(Cl)cc(CN2CCC3(CC2)C[C@@H](O)[C@@H](O)CO3)c1OC.O=CO. The van der Waals surface area contributed by atoms with E-state index in [1.807, 2.05) is 6.07 Å². The summed E-state index contributed by atoms with van der Waals surface area (Å²) in [5.74, 6) is 1.34. The van der Waals surface area contributed by atoms with Crippen LogP contribution in [-0.4, -0.2) is 78.4 Å². The number of methoxy groups -OCH3 is 2. The van der Waals surface area contributed by atoms with Gasteiger partial charge in [0.25, 0.3) is 6.47 Å². The minimum atomic E-state index is -0.771. The fourth-order valence-corrected chi connectivity index (χ4v) is 4.01. The van der Waals surface area contributed by atoms with Gasteiger partial charge in [0.2, 0.25) is 0 Å². The Morgan fingerprint density at radius 1 is 1.25 bits per heavy atom. The van der Waals surface area contributed by atoms with Gasteiger partial charge in [0.1, 0.15) is 6.10 Å². The van der Waals surface area contributed by atoms with E-state index >= 15 is 0 Å². The molecule has 0 radical (unpaired) electrons. The zero-order chi connectivity index (χ0) is 20.7. The first-order chi connectivity index (χ1) is 13.4. The van der Waals surface area contributed by atoms with Gasteiger partial charge in [-0.3, -0.25) is 9.69 Å². The highest BCUT2D eigenvalue weighted by molar-refractivity contribution is 6.30. The summed E-state index contributed by atoms with van der Waals surface area (Å²) < 4.78 is 16.7. The van der Waals surface area contributed by atoms with Gasteiger partial charge in [-0.15, -0.1) is 0 Å². The summed E-state index contributed by atoms with van der Waals surface area (Å²) in [4.78, 5) is 10.7. The molecule has 2 atom stereocenters. The topological polar surface area (TPSA) is 109 Å². The lowest BCUT2D eigenvalue weighted by atomic mass is 9.82. The van der Waals surface area contributed by atoms with E-state index in [-0.39, 0.29) is 18.7 Å². The van der Waals surface area contributed by atoms with Gasteiger partial charge in [-0.2, -0.15) is 0 Å². The smallest absolute Gasteiger partial charge is 0.290 e. The Kier molecular flexibility index (Phi) is 8.33. The van der Waals surface area contributed by atoms with Crippen molar-refractivity contribution in [3.05, 3.63) is 22.7 Å². The van der Waals surface area contributed by atoms with Gasteiger partial charge in [-0.25, -0.2) is 0 Å². The molecule has 0 amide bonds. The zero-order valence-electron chi connectivity index (χ0n) is 16.1. The quantitative estimate of drug-likeness (QED) is 0.633. The van der Waals surface area contributed by atoms with E-state index in [1.54, 1.807) is 20.3 Å². The fraction of sp³-hybridized carbons (Fsp3) is 0.632. The molecule has 1 aromatic carbocycles. The largest absolute Gasteiger partial charge is 0.493 e. The molecule has 0 saturated carbocycles. The number of hydrogen-bond acceptors (Lipinski definition) is 7. The predicted molar refractivity (Wildman–Crippen MR) is 103 cm³/mol. The summed E-state index contributed by atoms with van der Waals surface area (Å²) in [5.41, 5.74) is 0.674. The lowest BCUT2D eigenvalue weighted by molar-refractivity contribution is -0.188. The lowest BCUT2D eigenvalue weighted by Gasteiger charge is -2.46. The normalized spacial score (nSPS) is 24.2. The van der Waals surface area contributed by atoms with Crippen molar-refractivity contribution in [3.8, 4) is 11.5 Å². The number of piperidine rings is 1. The van der Waals surface area contributed by atoms with Gasteiger partial charge in [0.05, 0.1) is 32.5 Å². The third-order valence-corrected chi connectivity index (χ3v) is 5.49. The maximum absolute atomic E-state index is 9.96. The second-order valence-corrected chi connectivity index (χ2v) is 7.45. The van der Waals surface area contributed by atoms with Gasteiger partial charge in [-0.05, 0) is 18.9 Å². The standard InChI is InChI=1S/C18H26ClNO5.CH2O2/c1-23-16-8-13(19)7-12(17(16)24-2)10-20-5-3-18(4-6-20)9-14(21)15(22)11-25-18;2-1-3/h7-8,14-15,21-22H,3-6,9-11H2,1-2H3;1H,(H,2,3)/t14-,15+;/m1./s1. The van der Waals surface area contributed by atoms with Crippen molar-refractivity contribution in [3.63, 3.8) is 0 Å². The highest BCUT2D eigenvalue weighted by Crippen LogP contribution is 2.38. The molecule has 3 N–H and O–H groups in total. The predicted octanol–water partition coefficient (Wildman–Crippen LogP) is 1.53. The summed E-state index contributed by atoms with van der Waals surface area (Å²) in [6, 6.07) is 3.65. The van der Waals surface area contributed by atoms with Crippen LogP contribution in [0.1, 0.15) is 24.8 Å². The Hall–Kier alpha value is -1.58. The van der Waals surface area contributed by atoms with Gasteiger partial charge >= 0.3 is 0 Å². The molecule has 158 valence electrons. The van der Waals surface area contributed by atoms with Crippen LogP contribution in [-0.2, 0) is 16.1 Å². The van der Waals surface area contributed by atoms with Crippen molar-refractivity contribution in [1.29, 1.82) is 0 Å². The average molecular weight is 418 g/mol. The van der Waals surface area contributed by atoms with Crippen molar-refractivity contribution >= 4 is 18.1 Å². The number of hydrogen-bond donors (Lipinski definition) is 3. The van der Waals surface area contributed by atoms with E-state index in [9.17, 15) is 10.2 Å². The summed E-state index contributed by atoms with van der Waals surface area (Å²) in [5, 5.41) is 27.1. The fourth-order valence-electron chi connectivity index (χ4n) is 3.78. The number of nitrogens with zero attached hydrogens (tertiary/aromatic N) is 1. The molecule has 28 heavy (non-hydrogen) atoms. The monoisotopic (exact) mass is 417 g/mol. The first-order valence-corrected chi connectivity index (χ1v) is 9.46. The molecule has 2 aliphatic heterocycles. The number of aliphatic hydroxyl groups excluding tert-OH is 2. The van der Waals surface area contributed by atoms with E-state index in [0.717, 1.165) is 31.5 Å². The van der Waals surface area contributed by atoms with Gasteiger partial charge in [0.15, 0.2) is 11.5 Å². The molecule has 2 fully saturated rings. The number of aliphatic hydroxyl groups is 2. The van der Waals surface area contributed by atoms with Crippen LogP contribution in [0.5, 0.6) is 11.5 Å². The lowest BCUT2D eigenvalue weighted by Crippen LogP contribution is -2.54. The van der Waals surface area contributed by atoms with E-state index < -0.39 is 12.2 Å². The Morgan fingerprint density at radius 3 is 2.43 bits per heavy atom. The number of benzene rings is 1. The molecule has 0 aliphatic carbocycles. The van der Waals surface area contributed by atoms with Gasteiger partial charge < -0.3 is 29.5 Å². The van der Waals surface area contributed by atoms with Crippen molar-refractivity contribution in [2.75, 3.05) is 33.9 Å². The van der Waals surface area contributed by atoms with Crippen LogP contribution >= 0.6 is 11.6 Å². The van der Waals surface area contributed by atoms with Crippen molar-refractivity contribution in [1.82, 2.24) is 4.90 Å². The second kappa shape index (κ2) is 10.3. The summed E-state index contributed by atoms with van der Waals surface area (Å²) in [7, 11) is 3.23. The van der Waals surface area contributed by atoms with Crippen LogP contribution in [0.2, 0.25) is 5.02 Å². The molecule has 9 heteroatoms. The van der Waals surface area contributed by atoms with Crippen LogP contribution in [0.4, 0.5) is 0 Å². The molecule has 1 aromatic rings. The minimum absolute atomic E-state index is 0.209. The summed E-state index contributed by atoms with van der Waals surface area (Å²) in [6.07, 6.45) is 0.689. The first-order valence-electron chi connectivity index (χ1n) is 9.08. The first kappa shape index (κ1) is 22.7. The molecule has 0 bridgehead atoms. The number of carbonyl (C=O) groups is 1. The van der Waals surface area contributed by atoms with Crippen molar-refractivity contribution in [2.24, 2.45) is 0 Å². The minimum Gasteiger partial charge on any atom is -0.493 e. The second-order valence-electron chi connectivity index (χ2n) is 7.01. The number of carboxylic acid groups (broad SMARTS) is 1. The molecule has 0 aromatic heterocycles. The maximum atomic E-state index is 9.96. The highest BCUT2D eigenvalue weighted by atomic mass is 35.5. The molecule has 2 heterocycles. The van der Waals surface area contributed by atoms with Gasteiger partial charge in [0, 0.05) is 42.7 Å². The summed E-state index contributed by atoms with van der Waals surface area (Å²) >= 11 is 6.20. The third-order valence-electron chi connectivity index (χ3n) is 5.27. The molecule has 8 nitrogen and oxygen atoms in total. The summed E-state index contributed by atoms with van der Waals surface area (Å²) in [6.45, 7) is 2.36. The van der Waals surface area contributed by atoms with E-state index in [1.165, 1.54) is 0 Å². The number of ether oxygens (including phenoxy) is 3. The van der Waals surface area contributed by atoms with Crippen LogP contribution in [0.25, 0.3) is 0 Å². The van der Waals surface area contributed by atoms with Crippen LogP contribution in [0, 0.1) is 0 Å². The molecular weight excluding hydrogens is 390 g/mol. The van der Waals surface area contributed by atoms with E-state index in [4.69, 9.17) is 35.7 Å². The number of rotatable bonds is 4. The molecule has 3 rings (SSSR count). The number of likely N-dealkylation sites (tertiary alicyclic amines) is 1. The van der Waals surface area contributed by atoms with Crippen molar-refractivity contribution < 1.29 is 34.3 Å². The third kappa shape index (κ3) is 5.48.